The van der Waals surface area contributed by atoms with Gasteiger partial charge in [-0.2, -0.15) is 4.31 Å². The molecular formula is C15H22N2O2S. The molecule has 0 heterocycles. The normalized spacial score (nSPS) is 11.5. The van der Waals surface area contributed by atoms with E-state index in [1.54, 1.807) is 0 Å². The maximum absolute atomic E-state index is 12.4. The molecule has 0 fully saturated rings. The number of terminal acetylenes is 1. The summed E-state index contributed by atoms with van der Waals surface area (Å²) in [5.41, 5.74) is 1.86. The molecule has 0 spiro atoms. The Morgan fingerprint density at radius 1 is 1.35 bits per heavy atom. The highest BCUT2D eigenvalue weighted by Gasteiger charge is 2.20. The first kappa shape index (κ1) is 16.7. The van der Waals surface area contributed by atoms with Crippen LogP contribution in [-0.2, 0) is 22.3 Å². The summed E-state index contributed by atoms with van der Waals surface area (Å²) in [5, 5.41) is 3.05. The Hall–Kier alpha value is -1.35. The van der Waals surface area contributed by atoms with Gasteiger partial charge in [0.25, 0.3) is 0 Å². The molecule has 20 heavy (non-hydrogen) atoms. The van der Waals surface area contributed by atoms with Crippen molar-refractivity contribution >= 4 is 10.0 Å². The van der Waals surface area contributed by atoms with Crippen molar-refractivity contribution in [2.75, 3.05) is 20.1 Å². The lowest BCUT2D eigenvalue weighted by molar-refractivity contribution is 0.445. The molecule has 1 aromatic rings. The Bertz CT molecular complexity index is 561. The van der Waals surface area contributed by atoms with Gasteiger partial charge in [0.1, 0.15) is 0 Å². The number of nitrogens with zero attached hydrogens (tertiary/aromatic N) is 1. The number of sulfonamides is 1. The second-order valence-electron chi connectivity index (χ2n) is 4.64. The van der Waals surface area contributed by atoms with E-state index in [0.29, 0.717) is 6.54 Å². The molecule has 0 atom stereocenters. The lowest BCUT2D eigenvalue weighted by atomic mass is 10.1. The van der Waals surface area contributed by atoms with Crippen molar-refractivity contribution < 1.29 is 8.42 Å². The average Bonchev–Trinajstić information content (AvgIpc) is 2.39. The quantitative estimate of drug-likeness (QED) is 0.741. The van der Waals surface area contributed by atoms with Crippen molar-refractivity contribution in [3.05, 3.63) is 35.4 Å². The first-order valence-electron chi connectivity index (χ1n) is 6.67. The van der Waals surface area contributed by atoms with E-state index in [1.807, 2.05) is 38.2 Å². The molecule has 0 radical (unpaired) electrons. The molecule has 110 valence electrons. The van der Waals surface area contributed by atoms with Crippen molar-refractivity contribution in [3.8, 4) is 12.3 Å². The summed E-state index contributed by atoms with van der Waals surface area (Å²) in [7, 11) is -1.50. The first-order chi connectivity index (χ1) is 9.53. The Balaban J connectivity index is 2.89. The zero-order valence-corrected chi connectivity index (χ0v) is 12.9. The maximum Gasteiger partial charge on any atom is 0.219 e. The Morgan fingerprint density at radius 2 is 2.05 bits per heavy atom. The molecule has 1 rings (SSSR count). The third-order valence-corrected chi connectivity index (χ3v) is 4.65. The molecule has 0 amide bonds. The first-order valence-corrected chi connectivity index (χ1v) is 8.28. The van der Waals surface area contributed by atoms with Gasteiger partial charge in [0.2, 0.25) is 10.0 Å². The molecule has 0 aliphatic carbocycles. The van der Waals surface area contributed by atoms with Crippen LogP contribution in [0.25, 0.3) is 0 Å². The van der Waals surface area contributed by atoms with Gasteiger partial charge in [0.15, 0.2) is 0 Å². The highest BCUT2D eigenvalue weighted by molar-refractivity contribution is 7.88. The van der Waals surface area contributed by atoms with E-state index >= 15 is 0 Å². The molecule has 0 saturated carbocycles. The van der Waals surface area contributed by atoms with Crippen molar-refractivity contribution in [2.24, 2.45) is 0 Å². The van der Waals surface area contributed by atoms with E-state index in [4.69, 9.17) is 6.42 Å². The predicted molar refractivity (Wildman–Crippen MR) is 82.5 cm³/mol. The van der Waals surface area contributed by atoms with E-state index in [9.17, 15) is 8.42 Å². The number of benzene rings is 1. The SMILES string of the molecule is C#CCN(CCC)S(=O)(=O)Cc1cccc(CNC)c1. The summed E-state index contributed by atoms with van der Waals surface area (Å²) in [6.45, 7) is 3.25. The van der Waals surface area contributed by atoms with Crippen LogP contribution in [0.3, 0.4) is 0 Å². The zero-order chi connectivity index (χ0) is 15.0. The summed E-state index contributed by atoms with van der Waals surface area (Å²) >= 11 is 0. The predicted octanol–water partition coefficient (Wildman–Crippen LogP) is 1.58. The minimum absolute atomic E-state index is 0.00770. The van der Waals surface area contributed by atoms with Gasteiger partial charge in [-0.15, -0.1) is 6.42 Å². The van der Waals surface area contributed by atoms with Crippen LogP contribution in [0.1, 0.15) is 24.5 Å². The lowest BCUT2D eigenvalue weighted by Crippen LogP contribution is -2.33. The lowest BCUT2D eigenvalue weighted by Gasteiger charge is -2.19. The van der Waals surface area contributed by atoms with Crippen molar-refractivity contribution in [3.63, 3.8) is 0 Å². The highest BCUT2D eigenvalue weighted by Crippen LogP contribution is 2.13. The highest BCUT2D eigenvalue weighted by atomic mass is 32.2. The van der Waals surface area contributed by atoms with Gasteiger partial charge in [-0.1, -0.05) is 37.1 Å². The smallest absolute Gasteiger partial charge is 0.219 e. The summed E-state index contributed by atoms with van der Waals surface area (Å²) < 4.78 is 26.1. The third-order valence-electron chi connectivity index (χ3n) is 2.86. The fourth-order valence-electron chi connectivity index (χ4n) is 2.00. The zero-order valence-electron chi connectivity index (χ0n) is 12.1. The molecule has 0 bridgehead atoms. The molecule has 0 aromatic heterocycles. The van der Waals surface area contributed by atoms with Gasteiger partial charge in [-0.25, -0.2) is 8.42 Å². The molecule has 4 nitrogen and oxygen atoms in total. The molecule has 5 heteroatoms. The van der Waals surface area contributed by atoms with Gasteiger partial charge in [0, 0.05) is 13.1 Å². The van der Waals surface area contributed by atoms with Crippen LogP contribution in [0.4, 0.5) is 0 Å². The number of hydrogen-bond acceptors (Lipinski definition) is 3. The maximum atomic E-state index is 12.4. The fourth-order valence-corrected chi connectivity index (χ4v) is 3.52. The van der Waals surface area contributed by atoms with E-state index in [2.05, 4.69) is 11.2 Å². The minimum atomic E-state index is -3.36. The number of rotatable bonds is 8. The third kappa shape index (κ3) is 4.97. The van der Waals surface area contributed by atoms with Gasteiger partial charge in [-0.05, 0) is 24.6 Å². The van der Waals surface area contributed by atoms with Crippen molar-refractivity contribution in [1.82, 2.24) is 9.62 Å². The fraction of sp³-hybridized carbons (Fsp3) is 0.467. The van der Waals surface area contributed by atoms with Crippen LogP contribution in [0, 0.1) is 12.3 Å². The standard InChI is InChI=1S/C15H22N2O2S/c1-4-9-17(10-5-2)20(18,19)13-15-8-6-7-14(11-15)12-16-3/h1,6-8,11,16H,5,9-10,12-13H2,2-3H3. The Kier molecular flexibility index (Phi) is 6.73. The van der Waals surface area contributed by atoms with Crippen molar-refractivity contribution in [2.45, 2.75) is 25.6 Å². The van der Waals surface area contributed by atoms with E-state index in [-0.39, 0.29) is 12.3 Å². The van der Waals surface area contributed by atoms with Gasteiger partial charge < -0.3 is 5.32 Å². The molecule has 1 aromatic carbocycles. The second-order valence-corrected chi connectivity index (χ2v) is 6.61. The summed E-state index contributed by atoms with van der Waals surface area (Å²) in [6.07, 6.45) is 6.00. The minimum Gasteiger partial charge on any atom is -0.316 e. The number of nitrogens with one attached hydrogen (secondary N) is 1. The number of hydrogen-bond donors (Lipinski definition) is 1. The molecule has 0 aliphatic heterocycles. The Labute approximate surface area is 122 Å². The molecule has 0 aliphatic rings. The summed E-state index contributed by atoms with van der Waals surface area (Å²) in [6, 6.07) is 7.59. The Morgan fingerprint density at radius 3 is 2.65 bits per heavy atom. The monoisotopic (exact) mass is 294 g/mol. The summed E-state index contributed by atoms with van der Waals surface area (Å²) in [5.74, 6) is 2.41. The van der Waals surface area contributed by atoms with Crippen LogP contribution >= 0.6 is 0 Å². The molecule has 0 unspecified atom stereocenters. The topological polar surface area (TPSA) is 49.4 Å². The van der Waals surface area contributed by atoms with Crippen LogP contribution < -0.4 is 5.32 Å². The second kappa shape index (κ2) is 8.05. The van der Waals surface area contributed by atoms with Gasteiger partial charge >= 0.3 is 0 Å². The van der Waals surface area contributed by atoms with E-state index in [1.165, 1.54) is 4.31 Å². The van der Waals surface area contributed by atoms with Crippen LogP contribution in [0.15, 0.2) is 24.3 Å². The molecule has 1 N–H and O–H groups in total. The van der Waals surface area contributed by atoms with E-state index in [0.717, 1.165) is 24.1 Å². The molecular weight excluding hydrogens is 272 g/mol. The molecule has 0 saturated heterocycles. The van der Waals surface area contributed by atoms with Gasteiger partial charge in [0.05, 0.1) is 12.3 Å². The van der Waals surface area contributed by atoms with Crippen LogP contribution in [-0.4, -0.2) is 32.9 Å². The van der Waals surface area contributed by atoms with E-state index < -0.39 is 10.0 Å². The van der Waals surface area contributed by atoms with Crippen LogP contribution in [0.2, 0.25) is 0 Å². The summed E-state index contributed by atoms with van der Waals surface area (Å²) in [4.78, 5) is 0. The van der Waals surface area contributed by atoms with Gasteiger partial charge in [-0.3, -0.25) is 0 Å². The average molecular weight is 294 g/mol. The van der Waals surface area contributed by atoms with Crippen LogP contribution in [0.5, 0.6) is 0 Å². The largest absolute Gasteiger partial charge is 0.316 e. The van der Waals surface area contributed by atoms with Crippen molar-refractivity contribution in [1.29, 1.82) is 0 Å².